The van der Waals surface area contributed by atoms with Crippen molar-refractivity contribution in [1.29, 1.82) is 0 Å². The van der Waals surface area contributed by atoms with Gasteiger partial charge in [-0.05, 0) is 19.1 Å². The summed E-state index contributed by atoms with van der Waals surface area (Å²) in [4.78, 5) is 13.4. The molecule has 5 heteroatoms. The number of phenolic OH excluding ortho intramolecular Hbond substituents is 1. The molecule has 0 radical (unpaired) electrons. The Hall–Kier alpha value is -1.62. The number of phenols is 1. The zero-order valence-corrected chi connectivity index (χ0v) is 9.94. The minimum atomic E-state index is -0.717. The Bertz CT molecular complexity index is 375. The molecule has 0 unspecified atom stereocenters. The maximum Gasteiger partial charge on any atom is 0.260 e. The maximum absolute atomic E-state index is 13.5. The smallest absolute Gasteiger partial charge is 0.260 e. The number of halogens is 1. The average molecular weight is 241 g/mol. The first-order valence-corrected chi connectivity index (χ1v) is 5.37. The van der Waals surface area contributed by atoms with E-state index in [9.17, 15) is 14.3 Å². The van der Waals surface area contributed by atoms with Crippen LogP contribution in [0, 0.1) is 5.82 Å². The van der Waals surface area contributed by atoms with Crippen LogP contribution in [-0.2, 0) is 4.74 Å². The highest BCUT2D eigenvalue weighted by molar-refractivity contribution is 5.97. The summed E-state index contributed by atoms with van der Waals surface area (Å²) in [7, 11) is 1.53. The molecule has 0 aromatic heterocycles. The molecule has 0 heterocycles. The molecule has 94 valence electrons. The number of benzene rings is 1. The van der Waals surface area contributed by atoms with Crippen molar-refractivity contribution in [3.05, 3.63) is 29.6 Å². The van der Waals surface area contributed by atoms with Gasteiger partial charge in [0.15, 0.2) is 0 Å². The Labute approximate surface area is 99.6 Å². The summed E-state index contributed by atoms with van der Waals surface area (Å²) in [5.41, 5.74) is -0.287. The lowest BCUT2D eigenvalue weighted by molar-refractivity contribution is 0.0698. The van der Waals surface area contributed by atoms with Crippen LogP contribution in [0.25, 0.3) is 0 Å². The Morgan fingerprint density at radius 2 is 2.24 bits per heavy atom. The molecule has 0 fully saturated rings. The van der Waals surface area contributed by atoms with Crippen LogP contribution in [0.4, 0.5) is 4.39 Å². The Kier molecular flexibility index (Phi) is 4.90. The molecule has 1 aromatic carbocycles. The highest BCUT2D eigenvalue weighted by Gasteiger charge is 2.21. The van der Waals surface area contributed by atoms with Gasteiger partial charge in [-0.1, -0.05) is 6.07 Å². The number of carbonyl (C=O) groups is 1. The number of nitrogens with zero attached hydrogens (tertiary/aromatic N) is 1. The van der Waals surface area contributed by atoms with Crippen LogP contribution in [0.1, 0.15) is 17.3 Å². The predicted molar refractivity (Wildman–Crippen MR) is 61.5 cm³/mol. The largest absolute Gasteiger partial charge is 0.507 e. The minimum absolute atomic E-state index is 0.287. The number of likely N-dealkylation sites (N-methyl/N-ethyl adjacent to an activating group) is 1. The van der Waals surface area contributed by atoms with Gasteiger partial charge in [-0.3, -0.25) is 4.79 Å². The number of hydrogen-bond donors (Lipinski definition) is 1. The number of hydrogen-bond acceptors (Lipinski definition) is 3. The van der Waals surface area contributed by atoms with Crippen LogP contribution in [0.5, 0.6) is 5.75 Å². The fourth-order valence-corrected chi connectivity index (χ4v) is 1.49. The third-order valence-electron chi connectivity index (χ3n) is 2.44. The lowest BCUT2D eigenvalue weighted by atomic mass is 10.1. The van der Waals surface area contributed by atoms with Crippen molar-refractivity contribution < 1.29 is 19.0 Å². The van der Waals surface area contributed by atoms with Gasteiger partial charge in [-0.15, -0.1) is 0 Å². The van der Waals surface area contributed by atoms with Crippen molar-refractivity contribution in [1.82, 2.24) is 4.90 Å². The summed E-state index contributed by atoms with van der Waals surface area (Å²) in [5.74, 6) is -1.59. The number of methoxy groups -OCH3 is 1. The summed E-state index contributed by atoms with van der Waals surface area (Å²) >= 11 is 0. The van der Waals surface area contributed by atoms with Crippen molar-refractivity contribution in [2.24, 2.45) is 0 Å². The molecule has 0 aliphatic heterocycles. The van der Waals surface area contributed by atoms with E-state index in [0.29, 0.717) is 19.7 Å². The Balaban J connectivity index is 2.93. The summed E-state index contributed by atoms with van der Waals surface area (Å²) in [6.45, 7) is 2.94. The topological polar surface area (TPSA) is 49.8 Å². The van der Waals surface area contributed by atoms with Crippen LogP contribution in [0.2, 0.25) is 0 Å². The molecule has 0 atom stereocenters. The average Bonchev–Trinajstić information content (AvgIpc) is 2.30. The summed E-state index contributed by atoms with van der Waals surface area (Å²) in [6.07, 6.45) is 0. The van der Waals surface area contributed by atoms with Crippen molar-refractivity contribution >= 4 is 5.91 Å². The second kappa shape index (κ2) is 6.20. The van der Waals surface area contributed by atoms with E-state index in [4.69, 9.17) is 4.74 Å². The molecule has 1 aromatic rings. The number of amides is 1. The number of carbonyl (C=O) groups excluding carboxylic acids is 1. The first-order chi connectivity index (χ1) is 8.11. The van der Waals surface area contributed by atoms with Gasteiger partial charge in [0, 0.05) is 20.2 Å². The predicted octanol–water partition coefficient (Wildman–Crippen LogP) is 1.64. The van der Waals surface area contributed by atoms with Crippen molar-refractivity contribution in [3.8, 4) is 5.75 Å². The lowest BCUT2D eigenvalue weighted by Crippen LogP contribution is -2.34. The number of aromatic hydroxyl groups is 1. The molecule has 1 amide bonds. The van der Waals surface area contributed by atoms with E-state index in [0.717, 1.165) is 6.07 Å². The van der Waals surface area contributed by atoms with Gasteiger partial charge in [0.05, 0.1) is 6.61 Å². The normalized spacial score (nSPS) is 10.3. The molecule has 0 saturated carbocycles. The van der Waals surface area contributed by atoms with E-state index in [1.165, 1.54) is 24.1 Å². The van der Waals surface area contributed by atoms with Gasteiger partial charge >= 0.3 is 0 Å². The van der Waals surface area contributed by atoms with Crippen LogP contribution in [-0.4, -0.2) is 42.7 Å². The quantitative estimate of drug-likeness (QED) is 0.852. The van der Waals surface area contributed by atoms with Crippen LogP contribution < -0.4 is 0 Å². The molecule has 1 N–H and O–H groups in total. The molecule has 0 aliphatic rings. The van der Waals surface area contributed by atoms with Crippen molar-refractivity contribution in [3.63, 3.8) is 0 Å². The highest BCUT2D eigenvalue weighted by Crippen LogP contribution is 2.21. The SMILES string of the molecule is CCN(CCOC)C(=O)c1c(O)cccc1F. The third-order valence-corrected chi connectivity index (χ3v) is 2.44. The fraction of sp³-hybridized carbons (Fsp3) is 0.417. The standard InChI is InChI=1S/C12H16FNO3/c1-3-14(7-8-17-2)12(16)11-9(13)5-4-6-10(11)15/h4-6,15H,3,7-8H2,1-2H3. The maximum atomic E-state index is 13.5. The minimum Gasteiger partial charge on any atom is -0.507 e. The molecule has 0 aliphatic carbocycles. The van der Waals surface area contributed by atoms with E-state index in [1.807, 2.05) is 0 Å². The highest BCUT2D eigenvalue weighted by atomic mass is 19.1. The van der Waals surface area contributed by atoms with E-state index >= 15 is 0 Å². The molecule has 0 spiro atoms. The summed E-state index contributed by atoms with van der Waals surface area (Å²) in [6, 6.07) is 3.80. The second-order valence-corrected chi connectivity index (χ2v) is 3.51. The molecular formula is C12H16FNO3. The third kappa shape index (κ3) is 3.17. The van der Waals surface area contributed by atoms with E-state index in [1.54, 1.807) is 6.92 Å². The van der Waals surface area contributed by atoms with Gasteiger partial charge < -0.3 is 14.7 Å². The number of ether oxygens (including phenoxy) is 1. The molecule has 0 bridgehead atoms. The first-order valence-electron chi connectivity index (χ1n) is 5.37. The van der Waals surface area contributed by atoms with Crippen LogP contribution in [0.15, 0.2) is 18.2 Å². The first kappa shape index (κ1) is 13.4. The second-order valence-electron chi connectivity index (χ2n) is 3.51. The Morgan fingerprint density at radius 3 is 2.76 bits per heavy atom. The van der Waals surface area contributed by atoms with Crippen molar-refractivity contribution in [2.75, 3.05) is 26.8 Å². The zero-order valence-electron chi connectivity index (χ0n) is 9.94. The van der Waals surface area contributed by atoms with Gasteiger partial charge in [0.25, 0.3) is 5.91 Å². The Morgan fingerprint density at radius 1 is 1.53 bits per heavy atom. The molecule has 4 nitrogen and oxygen atoms in total. The van der Waals surface area contributed by atoms with Crippen LogP contribution >= 0.6 is 0 Å². The van der Waals surface area contributed by atoms with Crippen molar-refractivity contribution in [2.45, 2.75) is 6.92 Å². The summed E-state index contributed by atoms with van der Waals surface area (Å²) < 4.78 is 18.4. The van der Waals surface area contributed by atoms with E-state index < -0.39 is 11.7 Å². The summed E-state index contributed by atoms with van der Waals surface area (Å²) in [5, 5.41) is 9.51. The van der Waals surface area contributed by atoms with E-state index in [2.05, 4.69) is 0 Å². The molecule has 0 saturated heterocycles. The molecule has 17 heavy (non-hydrogen) atoms. The number of rotatable bonds is 5. The van der Waals surface area contributed by atoms with E-state index in [-0.39, 0.29) is 11.3 Å². The van der Waals surface area contributed by atoms with Gasteiger partial charge in [0.1, 0.15) is 17.1 Å². The van der Waals surface area contributed by atoms with Gasteiger partial charge in [-0.2, -0.15) is 0 Å². The fourth-order valence-electron chi connectivity index (χ4n) is 1.49. The lowest BCUT2D eigenvalue weighted by Gasteiger charge is -2.21. The molecular weight excluding hydrogens is 225 g/mol. The van der Waals surface area contributed by atoms with Gasteiger partial charge in [-0.25, -0.2) is 4.39 Å². The van der Waals surface area contributed by atoms with Gasteiger partial charge in [0.2, 0.25) is 0 Å². The zero-order chi connectivity index (χ0) is 12.8. The van der Waals surface area contributed by atoms with Crippen LogP contribution in [0.3, 0.4) is 0 Å². The monoisotopic (exact) mass is 241 g/mol. The molecule has 1 rings (SSSR count).